The summed E-state index contributed by atoms with van der Waals surface area (Å²) in [7, 11) is 4.07. The van der Waals surface area contributed by atoms with E-state index in [1.54, 1.807) is 18.3 Å². The highest BCUT2D eigenvalue weighted by molar-refractivity contribution is 5.96. The lowest BCUT2D eigenvalue weighted by molar-refractivity contribution is 0.0630. The molecule has 1 aliphatic heterocycles. The van der Waals surface area contributed by atoms with Crippen molar-refractivity contribution in [2.45, 2.75) is 32.4 Å². The standard InChI is InChI=1S/C15H23N3O2/c1-11(2)18-10-12(7-9-17(3)4)20-14-13(15(18)19)6-5-8-16-14/h5-6,8,11-12H,7,9-10H2,1-4H3. The van der Waals surface area contributed by atoms with Crippen molar-refractivity contribution < 1.29 is 9.53 Å². The Kier molecular flexibility index (Phi) is 4.60. The number of carbonyl (C=O) groups excluding carboxylic acids is 1. The molecule has 1 atom stereocenters. The maximum Gasteiger partial charge on any atom is 0.259 e. The summed E-state index contributed by atoms with van der Waals surface area (Å²) in [5.74, 6) is 0.472. The van der Waals surface area contributed by atoms with E-state index in [0.717, 1.165) is 13.0 Å². The number of fused-ring (bicyclic) bond motifs is 1. The van der Waals surface area contributed by atoms with E-state index in [1.165, 1.54) is 0 Å². The van der Waals surface area contributed by atoms with Crippen molar-refractivity contribution in [1.29, 1.82) is 0 Å². The third kappa shape index (κ3) is 3.28. The second-order valence-electron chi connectivity index (χ2n) is 5.74. The van der Waals surface area contributed by atoms with E-state index in [-0.39, 0.29) is 18.1 Å². The number of hydrogen-bond donors (Lipinski definition) is 0. The van der Waals surface area contributed by atoms with Crippen molar-refractivity contribution in [1.82, 2.24) is 14.8 Å². The number of pyridine rings is 1. The van der Waals surface area contributed by atoms with Crippen molar-refractivity contribution in [3.05, 3.63) is 23.9 Å². The third-order valence-electron chi connectivity index (χ3n) is 3.46. The maximum atomic E-state index is 12.6. The van der Waals surface area contributed by atoms with Gasteiger partial charge in [0, 0.05) is 18.8 Å². The third-order valence-corrected chi connectivity index (χ3v) is 3.46. The molecule has 1 aromatic rings. The number of hydrogen-bond acceptors (Lipinski definition) is 4. The van der Waals surface area contributed by atoms with Crippen molar-refractivity contribution in [2.75, 3.05) is 27.2 Å². The predicted octanol–water partition coefficient (Wildman–Crippen LogP) is 1.64. The van der Waals surface area contributed by atoms with Crippen molar-refractivity contribution in [3.63, 3.8) is 0 Å². The summed E-state index contributed by atoms with van der Waals surface area (Å²) in [5, 5.41) is 0. The maximum absolute atomic E-state index is 12.6. The summed E-state index contributed by atoms with van der Waals surface area (Å²) in [6, 6.07) is 3.71. The van der Waals surface area contributed by atoms with Crippen LogP contribution in [0.5, 0.6) is 5.88 Å². The molecule has 2 rings (SSSR count). The molecule has 20 heavy (non-hydrogen) atoms. The normalized spacial score (nSPS) is 19.0. The number of rotatable bonds is 4. The molecule has 0 saturated carbocycles. The molecule has 0 saturated heterocycles. The van der Waals surface area contributed by atoms with Gasteiger partial charge in [-0.1, -0.05) is 0 Å². The highest BCUT2D eigenvalue weighted by Crippen LogP contribution is 2.24. The van der Waals surface area contributed by atoms with Gasteiger partial charge >= 0.3 is 0 Å². The fourth-order valence-corrected chi connectivity index (χ4v) is 2.30. The minimum Gasteiger partial charge on any atom is -0.472 e. The van der Waals surface area contributed by atoms with E-state index >= 15 is 0 Å². The van der Waals surface area contributed by atoms with Gasteiger partial charge in [-0.25, -0.2) is 4.98 Å². The Labute approximate surface area is 120 Å². The van der Waals surface area contributed by atoms with Gasteiger partial charge in [0.15, 0.2) is 0 Å². The zero-order valence-electron chi connectivity index (χ0n) is 12.7. The van der Waals surface area contributed by atoms with Crippen LogP contribution >= 0.6 is 0 Å². The number of nitrogens with zero attached hydrogens (tertiary/aromatic N) is 3. The summed E-state index contributed by atoms with van der Waals surface area (Å²) in [6.07, 6.45) is 2.53. The molecule has 1 aliphatic rings. The topological polar surface area (TPSA) is 45.7 Å². The first kappa shape index (κ1) is 14.8. The Morgan fingerprint density at radius 3 is 2.90 bits per heavy atom. The Balaban J connectivity index is 2.25. The monoisotopic (exact) mass is 277 g/mol. The first-order chi connectivity index (χ1) is 9.49. The number of carbonyl (C=O) groups is 1. The van der Waals surface area contributed by atoms with Crippen LogP contribution in [0, 0.1) is 0 Å². The molecule has 0 radical (unpaired) electrons. The predicted molar refractivity (Wildman–Crippen MR) is 78.0 cm³/mol. The smallest absolute Gasteiger partial charge is 0.259 e. The second-order valence-corrected chi connectivity index (χ2v) is 5.74. The summed E-state index contributed by atoms with van der Waals surface area (Å²) in [6.45, 7) is 5.60. The number of aromatic nitrogens is 1. The number of amides is 1. The first-order valence-corrected chi connectivity index (χ1v) is 7.06. The molecule has 0 bridgehead atoms. The van der Waals surface area contributed by atoms with Crippen molar-refractivity contribution >= 4 is 5.91 Å². The zero-order chi connectivity index (χ0) is 14.7. The van der Waals surface area contributed by atoms with E-state index in [4.69, 9.17) is 4.74 Å². The largest absolute Gasteiger partial charge is 0.472 e. The lowest BCUT2D eigenvalue weighted by Gasteiger charge is -2.28. The van der Waals surface area contributed by atoms with Crippen LogP contribution in [0.2, 0.25) is 0 Å². The minimum absolute atomic E-state index is 0.00968. The van der Waals surface area contributed by atoms with Gasteiger partial charge in [-0.15, -0.1) is 0 Å². The van der Waals surface area contributed by atoms with Gasteiger partial charge in [0.2, 0.25) is 5.88 Å². The average molecular weight is 277 g/mol. The highest BCUT2D eigenvalue weighted by atomic mass is 16.5. The van der Waals surface area contributed by atoms with Crippen LogP contribution in [0.1, 0.15) is 30.6 Å². The van der Waals surface area contributed by atoms with Gasteiger partial charge in [-0.2, -0.15) is 0 Å². The molecule has 5 heteroatoms. The Morgan fingerprint density at radius 2 is 2.25 bits per heavy atom. The molecule has 5 nitrogen and oxygen atoms in total. The zero-order valence-corrected chi connectivity index (χ0v) is 12.7. The van der Waals surface area contributed by atoms with Crippen molar-refractivity contribution in [3.8, 4) is 5.88 Å². The molecule has 0 N–H and O–H groups in total. The van der Waals surface area contributed by atoms with Crippen molar-refractivity contribution in [2.24, 2.45) is 0 Å². The summed E-state index contributed by atoms with van der Waals surface area (Å²) >= 11 is 0. The Hall–Kier alpha value is -1.62. The molecule has 1 aromatic heterocycles. The molecule has 1 amide bonds. The highest BCUT2D eigenvalue weighted by Gasteiger charge is 2.30. The molecular formula is C15H23N3O2. The van der Waals surface area contributed by atoms with Crippen LogP contribution in [-0.2, 0) is 0 Å². The van der Waals surface area contributed by atoms with Gasteiger partial charge in [-0.3, -0.25) is 4.79 Å². The summed E-state index contributed by atoms with van der Waals surface area (Å²) < 4.78 is 5.96. The van der Waals surface area contributed by atoms with Gasteiger partial charge in [0.1, 0.15) is 11.7 Å². The van der Waals surface area contributed by atoms with Gasteiger partial charge in [0.25, 0.3) is 5.91 Å². The molecule has 110 valence electrons. The van der Waals surface area contributed by atoms with Gasteiger partial charge in [-0.05, 0) is 46.5 Å². The van der Waals surface area contributed by atoms with Gasteiger partial charge in [0.05, 0.1) is 6.54 Å². The fourth-order valence-electron chi connectivity index (χ4n) is 2.30. The molecule has 0 aliphatic carbocycles. The van der Waals surface area contributed by atoms with E-state index in [1.807, 2.05) is 32.8 Å². The molecule has 0 aromatic carbocycles. The fraction of sp³-hybridized carbons (Fsp3) is 0.600. The second kappa shape index (κ2) is 6.22. The molecule has 0 spiro atoms. The molecule has 0 fully saturated rings. The van der Waals surface area contributed by atoms with Crippen LogP contribution in [-0.4, -0.2) is 60.0 Å². The molecule has 2 heterocycles. The number of ether oxygens (including phenoxy) is 1. The lowest BCUT2D eigenvalue weighted by atomic mass is 10.2. The van der Waals surface area contributed by atoms with E-state index in [2.05, 4.69) is 9.88 Å². The van der Waals surface area contributed by atoms with Crippen LogP contribution in [0.25, 0.3) is 0 Å². The van der Waals surface area contributed by atoms with Gasteiger partial charge < -0.3 is 14.5 Å². The average Bonchev–Trinajstić information content (AvgIpc) is 2.54. The van der Waals surface area contributed by atoms with Crippen LogP contribution in [0.15, 0.2) is 18.3 Å². The summed E-state index contributed by atoms with van der Waals surface area (Å²) in [5.41, 5.74) is 0.563. The first-order valence-electron chi connectivity index (χ1n) is 7.06. The molecular weight excluding hydrogens is 254 g/mol. The quantitative estimate of drug-likeness (QED) is 0.839. The minimum atomic E-state index is -0.0140. The van der Waals surface area contributed by atoms with Crippen LogP contribution < -0.4 is 4.74 Å². The lowest BCUT2D eigenvalue weighted by Crippen LogP contribution is -2.42. The van der Waals surface area contributed by atoms with Crippen LogP contribution in [0.3, 0.4) is 0 Å². The van der Waals surface area contributed by atoms with E-state index in [0.29, 0.717) is 18.0 Å². The Morgan fingerprint density at radius 1 is 1.50 bits per heavy atom. The SMILES string of the molecule is CC(C)N1CC(CCN(C)C)Oc2ncccc2C1=O. The van der Waals surface area contributed by atoms with E-state index in [9.17, 15) is 4.79 Å². The van der Waals surface area contributed by atoms with Crippen LogP contribution in [0.4, 0.5) is 0 Å². The molecule has 1 unspecified atom stereocenters. The summed E-state index contributed by atoms with van der Waals surface area (Å²) in [4.78, 5) is 20.8. The Bertz CT molecular complexity index is 474. The van der Waals surface area contributed by atoms with E-state index < -0.39 is 0 Å².